The van der Waals surface area contributed by atoms with Gasteiger partial charge in [0, 0.05) is 37.6 Å². The van der Waals surface area contributed by atoms with E-state index >= 15 is 0 Å². The first-order chi connectivity index (χ1) is 7.58. The van der Waals surface area contributed by atoms with Gasteiger partial charge in [0.1, 0.15) is 5.75 Å². The zero-order valence-electron chi connectivity index (χ0n) is 9.62. The van der Waals surface area contributed by atoms with Crippen molar-refractivity contribution in [3.8, 4) is 5.75 Å². The fourth-order valence-corrected chi connectivity index (χ4v) is 2.30. The van der Waals surface area contributed by atoms with Crippen molar-refractivity contribution in [3.05, 3.63) is 28.2 Å². The first-order valence-electron chi connectivity index (χ1n) is 5.14. The number of methoxy groups -OCH3 is 2. The summed E-state index contributed by atoms with van der Waals surface area (Å²) in [7, 11) is 3.35. The Bertz CT molecular complexity index is 394. The molecular formula is C12H15BrO3. The Balaban J connectivity index is 2.42. The van der Waals surface area contributed by atoms with Gasteiger partial charge in [0.2, 0.25) is 5.79 Å². The average molecular weight is 287 g/mol. The minimum Gasteiger partial charge on any atom is -0.462 e. The van der Waals surface area contributed by atoms with Crippen LogP contribution >= 0.6 is 15.9 Å². The summed E-state index contributed by atoms with van der Waals surface area (Å²) in [6.07, 6.45) is 0.690. The van der Waals surface area contributed by atoms with Crippen molar-refractivity contribution in [3.63, 3.8) is 0 Å². The van der Waals surface area contributed by atoms with Crippen LogP contribution in [0.1, 0.15) is 25.0 Å². The quantitative estimate of drug-likeness (QED) is 0.835. The van der Waals surface area contributed by atoms with Crippen molar-refractivity contribution in [2.45, 2.75) is 25.2 Å². The largest absolute Gasteiger partial charge is 0.462 e. The molecule has 0 N–H and O–H groups in total. The minimum absolute atomic E-state index is 0.00574. The molecule has 1 aromatic rings. The maximum absolute atomic E-state index is 5.83. The highest BCUT2D eigenvalue weighted by atomic mass is 79.9. The van der Waals surface area contributed by atoms with Gasteiger partial charge < -0.3 is 14.2 Å². The van der Waals surface area contributed by atoms with Gasteiger partial charge >= 0.3 is 0 Å². The zero-order valence-corrected chi connectivity index (χ0v) is 11.2. The Morgan fingerprint density at radius 1 is 1.44 bits per heavy atom. The lowest BCUT2D eigenvalue weighted by molar-refractivity contribution is -0.184. The van der Waals surface area contributed by atoms with Crippen molar-refractivity contribution < 1.29 is 14.2 Å². The predicted octanol–water partition coefficient (Wildman–Crippen LogP) is 3.28. The summed E-state index contributed by atoms with van der Waals surface area (Å²) in [5.74, 6) is 0.215. The number of benzene rings is 1. The number of rotatable bonds is 2. The van der Waals surface area contributed by atoms with Gasteiger partial charge in [-0.05, 0) is 18.2 Å². The maximum atomic E-state index is 5.83. The van der Waals surface area contributed by atoms with Crippen molar-refractivity contribution >= 4 is 15.9 Å². The maximum Gasteiger partial charge on any atom is 0.210 e. The van der Waals surface area contributed by atoms with Gasteiger partial charge in [0.15, 0.2) is 0 Å². The van der Waals surface area contributed by atoms with Crippen LogP contribution in [0.5, 0.6) is 5.75 Å². The number of hydrogen-bond acceptors (Lipinski definition) is 3. The van der Waals surface area contributed by atoms with Gasteiger partial charge in [0.25, 0.3) is 0 Å². The fraction of sp³-hybridized carbons (Fsp3) is 0.500. The van der Waals surface area contributed by atoms with E-state index in [0.29, 0.717) is 6.42 Å². The third-order valence-electron chi connectivity index (χ3n) is 2.92. The first-order valence-corrected chi connectivity index (χ1v) is 5.94. The van der Waals surface area contributed by atoms with Gasteiger partial charge in [0.05, 0.1) is 6.10 Å². The molecule has 0 radical (unpaired) electrons. The standard InChI is InChI=1S/C12H15BrO3/c1-12(15-3)7-11(14-2)9-6-8(13)4-5-10(9)16-12/h4-6,11H,7H2,1-3H3. The monoisotopic (exact) mass is 286 g/mol. The first kappa shape index (κ1) is 11.9. The highest BCUT2D eigenvalue weighted by Crippen LogP contribution is 2.42. The third kappa shape index (κ3) is 2.10. The molecule has 1 aliphatic rings. The smallest absolute Gasteiger partial charge is 0.210 e. The Kier molecular flexibility index (Phi) is 3.24. The number of halogens is 1. The topological polar surface area (TPSA) is 27.7 Å². The molecule has 0 fully saturated rings. The molecule has 1 aliphatic heterocycles. The van der Waals surface area contributed by atoms with Crippen LogP contribution in [-0.2, 0) is 9.47 Å². The van der Waals surface area contributed by atoms with Gasteiger partial charge in [-0.15, -0.1) is 0 Å². The number of ether oxygens (including phenoxy) is 3. The zero-order chi connectivity index (χ0) is 11.8. The second-order valence-corrected chi connectivity index (χ2v) is 4.97. The van der Waals surface area contributed by atoms with E-state index < -0.39 is 5.79 Å². The number of fused-ring (bicyclic) bond motifs is 1. The van der Waals surface area contributed by atoms with Crippen LogP contribution in [0.2, 0.25) is 0 Å². The molecule has 2 unspecified atom stereocenters. The van der Waals surface area contributed by atoms with E-state index in [-0.39, 0.29) is 6.10 Å². The molecule has 2 rings (SSSR count). The van der Waals surface area contributed by atoms with Crippen LogP contribution in [0, 0.1) is 0 Å². The molecule has 2 atom stereocenters. The van der Waals surface area contributed by atoms with Gasteiger partial charge in [-0.2, -0.15) is 0 Å². The predicted molar refractivity (Wildman–Crippen MR) is 64.6 cm³/mol. The lowest BCUT2D eigenvalue weighted by Gasteiger charge is -2.38. The van der Waals surface area contributed by atoms with Gasteiger partial charge in [-0.3, -0.25) is 0 Å². The summed E-state index contributed by atoms with van der Waals surface area (Å²) < 4.78 is 17.7. The summed E-state index contributed by atoms with van der Waals surface area (Å²) in [4.78, 5) is 0. The molecule has 4 heteroatoms. The highest BCUT2D eigenvalue weighted by molar-refractivity contribution is 9.10. The molecule has 0 spiro atoms. The molecule has 0 saturated heterocycles. The van der Waals surface area contributed by atoms with Crippen LogP contribution in [0.4, 0.5) is 0 Å². The molecule has 1 aromatic carbocycles. The van der Waals surface area contributed by atoms with Crippen molar-refractivity contribution in [2.24, 2.45) is 0 Å². The molecule has 3 nitrogen and oxygen atoms in total. The van der Waals surface area contributed by atoms with E-state index in [1.807, 2.05) is 25.1 Å². The Labute approximate surface area is 104 Å². The molecule has 0 saturated carbocycles. The summed E-state index contributed by atoms with van der Waals surface area (Å²) in [6.45, 7) is 1.92. The van der Waals surface area contributed by atoms with Gasteiger partial charge in [-0.1, -0.05) is 15.9 Å². The highest BCUT2D eigenvalue weighted by Gasteiger charge is 2.37. The van der Waals surface area contributed by atoms with Crippen molar-refractivity contribution in [1.82, 2.24) is 0 Å². The summed E-state index contributed by atoms with van der Waals surface area (Å²) in [5.41, 5.74) is 1.06. The Hall–Kier alpha value is -0.580. The van der Waals surface area contributed by atoms with E-state index in [1.54, 1.807) is 14.2 Å². The molecule has 0 aromatic heterocycles. The summed E-state index contributed by atoms with van der Waals surface area (Å²) in [5, 5.41) is 0. The van der Waals surface area contributed by atoms with Gasteiger partial charge in [-0.25, -0.2) is 0 Å². The van der Waals surface area contributed by atoms with Crippen LogP contribution in [0.25, 0.3) is 0 Å². The van der Waals surface area contributed by atoms with Crippen LogP contribution in [0.3, 0.4) is 0 Å². The second kappa shape index (κ2) is 4.35. The van der Waals surface area contributed by atoms with Crippen LogP contribution in [-0.4, -0.2) is 20.0 Å². The third-order valence-corrected chi connectivity index (χ3v) is 3.41. The molecule has 1 heterocycles. The summed E-state index contributed by atoms with van der Waals surface area (Å²) >= 11 is 3.45. The summed E-state index contributed by atoms with van der Waals surface area (Å²) in [6, 6.07) is 5.91. The van der Waals surface area contributed by atoms with E-state index in [4.69, 9.17) is 14.2 Å². The molecule has 0 bridgehead atoms. The molecular weight excluding hydrogens is 272 g/mol. The van der Waals surface area contributed by atoms with Crippen LogP contribution < -0.4 is 4.74 Å². The van der Waals surface area contributed by atoms with E-state index in [2.05, 4.69) is 15.9 Å². The minimum atomic E-state index is -0.610. The second-order valence-electron chi connectivity index (χ2n) is 4.05. The Morgan fingerprint density at radius 2 is 2.19 bits per heavy atom. The molecule has 16 heavy (non-hydrogen) atoms. The number of hydrogen-bond donors (Lipinski definition) is 0. The van der Waals surface area contributed by atoms with E-state index in [0.717, 1.165) is 15.8 Å². The molecule has 88 valence electrons. The van der Waals surface area contributed by atoms with E-state index in [9.17, 15) is 0 Å². The average Bonchev–Trinajstić information content (AvgIpc) is 2.29. The fourth-order valence-electron chi connectivity index (χ4n) is 1.92. The lowest BCUT2D eigenvalue weighted by atomic mass is 9.97. The molecule has 0 aliphatic carbocycles. The Morgan fingerprint density at radius 3 is 2.81 bits per heavy atom. The van der Waals surface area contributed by atoms with Crippen LogP contribution in [0.15, 0.2) is 22.7 Å². The SMILES string of the molecule is COC1CC(C)(OC)Oc2ccc(Br)cc21. The van der Waals surface area contributed by atoms with E-state index in [1.165, 1.54) is 0 Å². The van der Waals surface area contributed by atoms with Crippen molar-refractivity contribution in [1.29, 1.82) is 0 Å². The lowest BCUT2D eigenvalue weighted by Crippen LogP contribution is -2.40. The molecule has 0 amide bonds. The normalized spacial score (nSPS) is 28.4. The van der Waals surface area contributed by atoms with Crippen molar-refractivity contribution in [2.75, 3.05) is 14.2 Å².